The van der Waals surface area contributed by atoms with E-state index in [0.29, 0.717) is 17.5 Å². The van der Waals surface area contributed by atoms with Gasteiger partial charge in [-0.15, -0.1) is 11.3 Å². The van der Waals surface area contributed by atoms with Gasteiger partial charge >= 0.3 is 0 Å². The molecule has 0 spiro atoms. The highest BCUT2D eigenvalue weighted by molar-refractivity contribution is 7.13. The van der Waals surface area contributed by atoms with Gasteiger partial charge in [-0.05, 0) is 29.7 Å². The molecule has 118 valence electrons. The quantitative estimate of drug-likeness (QED) is 0.749. The Balaban J connectivity index is 1.90. The summed E-state index contributed by atoms with van der Waals surface area (Å²) in [5, 5.41) is 6.03. The molecule has 3 rings (SSSR count). The van der Waals surface area contributed by atoms with Gasteiger partial charge in [0.15, 0.2) is 11.6 Å². The lowest BCUT2D eigenvalue weighted by molar-refractivity contribution is 0.415. The molecule has 0 amide bonds. The fourth-order valence-corrected chi connectivity index (χ4v) is 2.72. The lowest BCUT2D eigenvalue weighted by Gasteiger charge is -2.11. The summed E-state index contributed by atoms with van der Waals surface area (Å²) < 4.78 is 5.38. The van der Waals surface area contributed by atoms with Crippen LogP contribution in [0.2, 0.25) is 0 Å². The van der Waals surface area contributed by atoms with Crippen molar-refractivity contribution in [3.63, 3.8) is 0 Å². The van der Waals surface area contributed by atoms with E-state index in [0.717, 1.165) is 16.5 Å². The number of aromatic nitrogens is 3. The number of pyridine rings is 2. The number of methoxy groups -OCH3 is 1. The minimum Gasteiger partial charge on any atom is -0.493 e. The van der Waals surface area contributed by atoms with Crippen molar-refractivity contribution in [3.8, 4) is 16.5 Å². The first-order chi connectivity index (χ1) is 11.2. The van der Waals surface area contributed by atoms with E-state index in [2.05, 4.69) is 40.2 Å². The first-order valence-electron chi connectivity index (χ1n) is 7.35. The van der Waals surface area contributed by atoms with Crippen LogP contribution in [0.25, 0.3) is 10.7 Å². The maximum Gasteiger partial charge on any atom is 0.175 e. The highest BCUT2D eigenvalue weighted by Crippen LogP contribution is 2.29. The van der Waals surface area contributed by atoms with Crippen molar-refractivity contribution in [2.24, 2.45) is 0 Å². The zero-order valence-electron chi connectivity index (χ0n) is 13.3. The summed E-state index contributed by atoms with van der Waals surface area (Å²) in [7, 11) is 1.63. The number of ether oxygens (including phenoxy) is 1. The van der Waals surface area contributed by atoms with Crippen molar-refractivity contribution in [3.05, 3.63) is 47.6 Å². The van der Waals surface area contributed by atoms with Crippen molar-refractivity contribution >= 4 is 23.0 Å². The Morgan fingerprint density at radius 3 is 2.61 bits per heavy atom. The molecule has 0 atom stereocenters. The van der Waals surface area contributed by atoms with Crippen molar-refractivity contribution in [2.45, 2.75) is 19.8 Å². The molecule has 3 heterocycles. The summed E-state index contributed by atoms with van der Waals surface area (Å²) in [6.07, 6.45) is 3.65. The molecule has 3 aromatic heterocycles. The van der Waals surface area contributed by atoms with Gasteiger partial charge < -0.3 is 10.1 Å². The smallest absolute Gasteiger partial charge is 0.175 e. The fourth-order valence-electron chi connectivity index (χ4n) is 2.11. The maximum atomic E-state index is 5.38. The van der Waals surface area contributed by atoms with Gasteiger partial charge in [0.05, 0.1) is 7.11 Å². The minimum absolute atomic E-state index is 0.456. The fraction of sp³-hybridized carbons (Fsp3) is 0.235. The number of nitrogens with one attached hydrogen (secondary N) is 1. The second-order valence-electron chi connectivity index (χ2n) is 5.34. The average Bonchev–Trinajstić information content (AvgIpc) is 3.10. The van der Waals surface area contributed by atoms with E-state index >= 15 is 0 Å². The molecule has 0 radical (unpaired) electrons. The van der Waals surface area contributed by atoms with Crippen LogP contribution in [0.3, 0.4) is 0 Å². The molecule has 0 aliphatic heterocycles. The Kier molecular flexibility index (Phi) is 4.52. The standard InChI is InChI=1S/C17H18N4OS/c1-11(2)12-4-7-15(19-10-12)21-16-14(22-3)6-5-13(20-16)17-18-8-9-23-17/h4-11H,1-3H3,(H,19,20,21). The first kappa shape index (κ1) is 15.4. The van der Waals surface area contributed by atoms with Crippen LogP contribution in [-0.2, 0) is 0 Å². The van der Waals surface area contributed by atoms with E-state index in [4.69, 9.17) is 4.74 Å². The molecule has 0 saturated heterocycles. The molecule has 6 heteroatoms. The molecule has 0 aromatic carbocycles. The van der Waals surface area contributed by atoms with Gasteiger partial charge in [-0.1, -0.05) is 19.9 Å². The predicted octanol–water partition coefficient (Wildman–Crippen LogP) is 4.48. The second kappa shape index (κ2) is 6.75. The van der Waals surface area contributed by atoms with Crippen molar-refractivity contribution < 1.29 is 4.74 Å². The molecule has 5 nitrogen and oxygen atoms in total. The number of rotatable bonds is 5. The summed E-state index contributed by atoms with van der Waals surface area (Å²) in [6, 6.07) is 7.80. The number of hydrogen-bond donors (Lipinski definition) is 1. The van der Waals surface area contributed by atoms with E-state index in [1.165, 1.54) is 5.56 Å². The SMILES string of the molecule is COc1ccc(-c2nccs2)nc1Nc1ccc(C(C)C)cn1. The van der Waals surface area contributed by atoms with Crippen LogP contribution in [0.5, 0.6) is 5.75 Å². The van der Waals surface area contributed by atoms with Gasteiger partial charge in [0.25, 0.3) is 0 Å². The average molecular weight is 326 g/mol. The summed E-state index contributed by atoms with van der Waals surface area (Å²) in [4.78, 5) is 13.3. The van der Waals surface area contributed by atoms with Crippen LogP contribution >= 0.6 is 11.3 Å². The molecule has 23 heavy (non-hydrogen) atoms. The molecule has 0 saturated carbocycles. The van der Waals surface area contributed by atoms with Gasteiger partial charge in [-0.3, -0.25) is 0 Å². The third-order valence-electron chi connectivity index (χ3n) is 3.43. The lowest BCUT2D eigenvalue weighted by atomic mass is 10.1. The zero-order valence-corrected chi connectivity index (χ0v) is 14.1. The third kappa shape index (κ3) is 3.48. The molecule has 0 bridgehead atoms. The van der Waals surface area contributed by atoms with E-state index in [9.17, 15) is 0 Å². The Bertz CT molecular complexity index is 770. The maximum absolute atomic E-state index is 5.38. The first-order valence-corrected chi connectivity index (χ1v) is 8.23. The number of thiazole rings is 1. The van der Waals surface area contributed by atoms with E-state index < -0.39 is 0 Å². The molecule has 0 fully saturated rings. The molecular formula is C17H18N4OS. The van der Waals surface area contributed by atoms with Gasteiger partial charge in [-0.2, -0.15) is 0 Å². The largest absolute Gasteiger partial charge is 0.493 e. The number of nitrogens with zero attached hydrogens (tertiary/aromatic N) is 3. The predicted molar refractivity (Wildman–Crippen MR) is 93.5 cm³/mol. The highest BCUT2D eigenvalue weighted by atomic mass is 32.1. The van der Waals surface area contributed by atoms with Crippen molar-refractivity contribution in [1.82, 2.24) is 15.0 Å². The van der Waals surface area contributed by atoms with Crippen LogP contribution in [0, 0.1) is 0 Å². The molecular weight excluding hydrogens is 308 g/mol. The summed E-state index contributed by atoms with van der Waals surface area (Å²) >= 11 is 1.55. The van der Waals surface area contributed by atoms with Crippen LogP contribution in [0.15, 0.2) is 42.0 Å². The lowest BCUT2D eigenvalue weighted by Crippen LogP contribution is -2.01. The van der Waals surface area contributed by atoms with Gasteiger partial charge in [-0.25, -0.2) is 15.0 Å². The van der Waals surface area contributed by atoms with Crippen molar-refractivity contribution in [2.75, 3.05) is 12.4 Å². The molecule has 0 aliphatic carbocycles. The Hall–Kier alpha value is -2.47. The Morgan fingerprint density at radius 1 is 1.13 bits per heavy atom. The monoisotopic (exact) mass is 326 g/mol. The van der Waals surface area contributed by atoms with Crippen LogP contribution in [-0.4, -0.2) is 22.1 Å². The normalized spacial score (nSPS) is 10.8. The summed E-state index contributed by atoms with van der Waals surface area (Å²) in [5.74, 6) is 2.49. The second-order valence-corrected chi connectivity index (χ2v) is 6.24. The van der Waals surface area contributed by atoms with Crippen LogP contribution in [0.1, 0.15) is 25.3 Å². The number of hydrogen-bond acceptors (Lipinski definition) is 6. The van der Waals surface area contributed by atoms with Gasteiger partial charge in [0.2, 0.25) is 0 Å². The minimum atomic E-state index is 0.456. The van der Waals surface area contributed by atoms with E-state index in [1.807, 2.05) is 29.8 Å². The topological polar surface area (TPSA) is 59.9 Å². The van der Waals surface area contributed by atoms with Crippen molar-refractivity contribution in [1.29, 1.82) is 0 Å². The molecule has 3 aromatic rings. The third-order valence-corrected chi connectivity index (χ3v) is 4.22. The highest BCUT2D eigenvalue weighted by Gasteiger charge is 2.10. The van der Waals surface area contributed by atoms with Crippen LogP contribution < -0.4 is 10.1 Å². The van der Waals surface area contributed by atoms with E-state index in [1.54, 1.807) is 24.6 Å². The van der Waals surface area contributed by atoms with E-state index in [-0.39, 0.29) is 0 Å². The van der Waals surface area contributed by atoms with Gasteiger partial charge in [0, 0.05) is 17.8 Å². The Morgan fingerprint density at radius 2 is 2.00 bits per heavy atom. The number of anilines is 2. The van der Waals surface area contributed by atoms with Gasteiger partial charge in [0.1, 0.15) is 16.5 Å². The Labute approximate surface area is 139 Å². The molecule has 0 aliphatic rings. The summed E-state index contributed by atoms with van der Waals surface area (Å²) in [6.45, 7) is 4.29. The summed E-state index contributed by atoms with van der Waals surface area (Å²) in [5.41, 5.74) is 2.01. The molecule has 0 unspecified atom stereocenters. The molecule has 1 N–H and O–H groups in total. The van der Waals surface area contributed by atoms with Crippen LogP contribution in [0.4, 0.5) is 11.6 Å². The zero-order chi connectivity index (χ0) is 16.2.